The van der Waals surface area contributed by atoms with Crippen molar-refractivity contribution in [3.05, 3.63) is 0 Å². The van der Waals surface area contributed by atoms with Gasteiger partial charge in [-0.25, -0.2) is 13.6 Å². The molecule has 0 aromatic rings. The quantitative estimate of drug-likeness (QED) is 0.760. The number of nitrogens with zero attached hydrogens (tertiary/aromatic N) is 1. The Morgan fingerprint density at radius 1 is 1.36 bits per heavy atom. The maximum atomic E-state index is 12.7. The Kier molecular flexibility index (Phi) is 7.31. The molecule has 0 bridgehead atoms. The van der Waals surface area contributed by atoms with E-state index in [1.807, 2.05) is 0 Å². The van der Waals surface area contributed by atoms with Gasteiger partial charge in [0.2, 0.25) is 0 Å². The Morgan fingerprint density at radius 2 is 2.05 bits per heavy atom. The molecule has 9 heteroatoms. The summed E-state index contributed by atoms with van der Waals surface area (Å²) in [6, 6.07) is -1.42. The van der Waals surface area contributed by atoms with Gasteiger partial charge in [0, 0.05) is 19.7 Å². The van der Waals surface area contributed by atoms with Crippen molar-refractivity contribution in [3.63, 3.8) is 0 Å². The van der Waals surface area contributed by atoms with E-state index in [1.165, 1.54) is 7.11 Å². The van der Waals surface area contributed by atoms with Gasteiger partial charge in [0.1, 0.15) is 0 Å². The van der Waals surface area contributed by atoms with Crippen LogP contribution >= 0.6 is 0 Å². The molecule has 2 amide bonds. The van der Waals surface area contributed by atoms with Gasteiger partial charge in [0.05, 0.1) is 19.1 Å². The molecule has 0 aliphatic heterocycles. The smallest absolute Gasteiger partial charge is 0.383 e. The first-order valence-corrected chi connectivity index (χ1v) is 7.13. The molecule has 0 aromatic carbocycles. The SMILES string of the molecule is COCCN(CC(F)F)C(=O)NC1CCCC(C(F)(F)F)C1. The van der Waals surface area contributed by atoms with Crippen LogP contribution in [-0.4, -0.2) is 56.4 Å². The molecular formula is C13H21F5N2O2. The number of carbonyl (C=O) groups is 1. The van der Waals surface area contributed by atoms with Crippen LogP contribution in [0.5, 0.6) is 0 Å². The second kappa shape index (κ2) is 8.50. The lowest BCUT2D eigenvalue weighted by molar-refractivity contribution is -0.183. The van der Waals surface area contributed by atoms with E-state index in [1.54, 1.807) is 0 Å². The highest BCUT2D eigenvalue weighted by molar-refractivity contribution is 5.74. The fourth-order valence-electron chi connectivity index (χ4n) is 2.53. The minimum absolute atomic E-state index is 0.0396. The van der Waals surface area contributed by atoms with E-state index in [0.29, 0.717) is 12.8 Å². The molecule has 0 spiro atoms. The lowest BCUT2D eigenvalue weighted by Crippen LogP contribution is -2.49. The van der Waals surface area contributed by atoms with Gasteiger partial charge in [-0.05, 0) is 19.3 Å². The fraction of sp³-hybridized carbons (Fsp3) is 0.923. The third-order valence-electron chi connectivity index (χ3n) is 3.68. The average molecular weight is 332 g/mol. The minimum Gasteiger partial charge on any atom is -0.383 e. The van der Waals surface area contributed by atoms with Crippen LogP contribution in [0.3, 0.4) is 0 Å². The normalized spacial score (nSPS) is 22.7. The summed E-state index contributed by atoms with van der Waals surface area (Å²) in [5.41, 5.74) is 0. The first-order chi connectivity index (χ1) is 10.2. The van der Waals surface area contributed by atoms with Gasteiger partial charge in [-0.1, -0.05) is 6.42 Å². The molecule has 130 valence electrons. The van der Waals surface area contributed by atoms with Crippen molar-refractivity contribution in [1.29, 1.82) is 0 Å². The number of ether oxygens (including phenoxy) is 1. The summed E-state index contributed by atoms with van der Waals surface area (Å²) in [7, 11) is 1.37. The third kappa shape index (κ3) is 6.33. The number of methoxy groups -OCH3 is 1. The number of urea groups is 1. The summed E-state index contributed by atoms with van der Waals surface area (Å²) >= 11 is 0. The molecular weight excluding hydrogens is 311 g/mol. The van der Waals surface area contributed by atoms with Crippen molar-refractivity contribution in [1.82, 2.24) is 10.2 Å². The zero-order chi connectivity index (χ0) is 16.8. The zero-order valence-electron chi connectivity index (χ0n) is 12.3. The van der Waals surface area contributed by atoms with Crippen LogP contribution in [0.25, 0.3) is 0 Å². The van der Waals surface area contributed by atoms with Gasteiger partial charge >= 0.3 is 12.2 Å². The Morgan fingerprint density at radius 3 is 2.59 bits per heavy atom. The number of carbonyl (C=O) groups excluding carboxylic acids is 1. The van der Waals surface area contributed by atoms with E-state index in [-0.39, 0.29) is 26.0 Å². The van der Waals surface area contributed by atoms with Crippen molar-refractivity contribution < 1.29 is 31.5 Å². The number of nitrogens with one attached hydrogen (secondary N) is 1. The molecule has 0 saturated heterocycles. The number of halogens is 5. The summed E-state index contributed by atoms with van der Waals surface area (Å²) in [4.78, 5) is 12.8. The molecule has 1 N–H and O–H groups in total. The van der Waals surface area contributed by atoms with Gasteiger partial charge in [-0.15, -0.1) is 0 Å². The molecule has 0 radical (unpaired) electrons. The third-order valence-corrected chi connectivity index (χ3v) is 3.68. The molecule has 2 unspecified atom stereocenters. The van der Waals surface area contributed by atoms with Crippen molar-refractivity contribution in [2.45, 2.75) is 44.3 Å². The van der Waals surface area contributed by atoms with Crippen LogP contribution < -0.4 is 5.32 Å². The molecule has 4 nitrogen and oxygen atoms in total. The van der Waals surface area contributed by atoms with Crippen LogP contribution in [0, 0.1) is 5.92 Å². The van der Waals surface area contributed by atoms with E-state index in [0.717, 1.165) is 4.90 Å². The first-order valence-electron chi connectivity index (χ1n) is 7.13. The lowest BCUT2D eigenvalue weighted by atomic mass is 9.85. The van der Waals surface area contributed by atoms with Crippen molar-refractivity contribution >= 4 is 6.03 Å². The van der Waals surface area contributed by atoms with E-state index < -0.39 is 37.1 Å². The number of hydrogen-bond donors (Lipinski definition) is 1. The average Bonchev–Trinajstić information content (AvgIpc) is 2.42. The summed E-state index contributed by atoms with van der Waals surface area (Å²) in [6.07, 6.45) is -6.39. The molecule has 1 rings (SSSR count). The molecule has 1 aliphatic carbocycles. The highest BCUT2D eigenvalue weighted by atomic mass is 19.4. The second-order valence-electron chi connectivity index (χ2n) is 5.38. The maximum absolute atomic E-state index is 12.7. The fourth-order valence-corrected chi connectivity index (χ4v) is 2.53. The van der Waals surface area contributed by atoms with Gasteiger partial charge in [0.15, 0.2) is 0 Å². The van der Waals surface area contributed by atoms with E-state index in [4.69, 9.17) is 4.74 Å². The van der Waals surface area contributed by atoms with Gasteiger partial charge < -0.3 is 15.0 Å². The molecule has 22 heavy (non-hydrogen) atoms. The van der Waals surface area contributed by atoms with Crippen LogP contribution in [0.1, 0.15) is 25.7 Å². The predicted octanol–water partition coefficient (Wildman–Crippen LogP) is 3.03. The van der Waals surface area contributed by atoms with Crippen LogP contribution in [-0.2, 0) is 4.74 Å². The summed E-state index contributed by atoms with van der Waals surface area (Å²) < 4.78 is 67.8. The van der Waals surface area contributed by atoms with Crippen molar-refractivity contribution in [3.8, 4) is 0 Å². The topological polar surface area (TPSA) is 41.6 Å². The summed E-state index contributed by atoms with van der Waals surface area (Å²) in [5.74, 6) is -1.45. The minimum atomic E-state index is -4.29. The highest BCUT2D eigenvalue weighted by Crippen LogP contribution is 2.37. The second-order valence-corrected chi connectivity index (χ2v) is 5.38. The van der Waals surface area contributed by atoms with Crippen LogP contribution in [0.4, 0.5) is 26.7 Å². The summed E-state index contributed by atoms with van der Waals surface area (Å²) in [6.45, 7) is -0.733. The van der Waals surface area contributed by atoms with E-state index in [9.17, 15) is 26.7 Å². The lowest BCUT2D eigenvalue weighted by Gasteiger charge is -2.32. The number of amides is 2. The Bertz CT molecular complexity index is 352. The summed E-state index contributed by atoms with van der Waals surface area (Å²) in [5, 5.41) is 2.43. The number of rotatable bonds is 6. The zero-order valence-corrected chi connectivity index (χ0v) is 12.3. The van der Waals surface area contributed by atoms with Crippen LogP contribution in [0.15, 0.2) is 0 Å². The van der Waals surface area contributed by atoms with E-state index in [2.05, 4.69) is 5.32 Å². The number of alkyl halides is 5. The molecule has 0 heterocycles. The van der Waals surface area contributed by atoms with Crippen molar-refractivity contribution in [2.75, 3.05) is 26.8 Å². The van der Waals surface area contributed by atoms with Gasteiger partial charge in [-0.2, -0.15) is 13.2 Å². The standard InChI is InChI=1S/C13H21F5N2O2/c1-22-6-5-20(8-11(14)15)12(21)19-10-4-2-3-9(7-10)13(16,17)18/h9-11H,2-8H2,1H3,(H,19,21). The maximum Gasteiger partial charge on any atom is 0.391 e. The Balaban J connectivity index is 2.56. The molecule has 1 saturated carbocycles. The predicted molar refractivity (Wildman–Crippen MR) is 69.8 cm³/mol. The highest BCUT2D eigenvalue weighted by Gasteiger charge is 2.42. The monoisotopic (exact) mass is 332 g/mol. The van der Waals surface area contributed by atoms with Gasteiger partial charge in [0.25, 0.3) is 6.43 Å². The van der Waals surface area contributed by atoms with Gasteiger partial charge in [-0.3, -0.25) is 0 Å². The Hall–Kier alpha value is -1.12. The molecule has 0 aromatic heterocycles. The molecule has 1 aliphatic rings. The number of hydrogen-bond acceptors (Lipinski definition) is 2. The van der Waals surface area contributed by atoms with Crippen LogP contribution in [0.2, 0.25) is 0 Å². The van der Waals surface area contributed by atoms with E-state index >= 15 is 0 Å². The first kappa shape index (κ1) is 18.9. The largest absolute Gasteiger partial charge is 0.391 e. The van der Waals surface area contributed by atoms with Crippen molar-refractivity contribution in [2.24, 2.45) is 5.92 Å². The molecule has 2 atom stereocenters. The Labute approximate surface area is 126 Å². The molecule has 1 fully saturated rings.